The zero-order valence-electron chi connectivity index (χ0n) is 11.4. The maximum absolute atomic E-state index is 11.9. The van der Waals surface area contributed by atoms with Gasteiger partial charge >= 0.3 is 0 Å². The van der Waals surface area contributed by atoms with E-state index in [4.69, 9.17) is 15.4 Å². The van der Waals surface area contributed by atoms with E-state index in [-0.39, 0.29) is 22.6 Å². The standard InChI is InChI=1S/C12H18ClNO4S2/c1-3-4-9(8-18-2)14-11(15)7-10-5-6-12(19-10)20(13,16)17/h5-6,9H,3-4,7-8H2,1-2H3,(H,14,15). The normalized spacial score (nSPS) is 13.2. The van der Waals surface area contributed by atoms with Gasteiger partial charge in [0.2, 0.25) is 5.91 Å². The van der Waals surface area contributed by atoms with Crippen LogP contribution in [0.2, 0.25) is 0 Å². The maximum Gasteiger partial charge on any atom is 0.270 e. The molecule has 0 bridgehead atoms. The third kappa shape index (κ3) is 5.78. The number of thiophene rings is 1. The molecule has 1 atom stereocenters. The molecular formula is C12H18ClNO4S2. The molecule has 0 saturated heterocycles. The number of rotatable bonds is 8. The summed E-state index contributed by atoms with van der Waals surface area (Å²) in [6.07, 6.45) is 1.92. The zero-order valence-corrected chi connectivity index (χ0v) is 13.8. The molecule has 8 heteroatoms. The largest absolute Gasteiger partial charge is 0.383 e. The summed E-state index contributed by atoms with van der Waals surface area (Å²) >= 11 is 1.01. The number of ether oxygens (including phenoxy) is 1. The van der Waals surface area contributed by atoms with Crippen LogP contribution in [-0.4, -0.2) is 34.1 Å². The molecule has 5 nitrogen and oxygen atoms in total. The lowest BCUT2D eigenvalue weighted by molar-refractivity contribution is -0.121. The van der Waals surface area contributed by atoms with E-state index in [1.165, 1.54) is 6.07 Å². The first-order chi connectivity index (χ1) is 9.36. The molecule has 1 aromatic heterocycles. The molecule has 114 valence electrons. The Morgan fingerprint density at radius 1 is 1.50 bits per heavy atom. The monoisotopic (exact) mass is 339 g/mol. The van der Waals surface area contributed by atoms with Crippen LogP contribution in [0.3, 0.4) is 0 Å². The first-order valence-corrected chi connectivity index (χ1v) is 9.31. The highest BCUT2D eigenvalue weighted by molar-refractivity contribution is 8.15. The predicted molar refractivity (Wildman–Crippen MR) is 79.8 cm³/mol. The molecule has 1 N–H and O–H groups in total. The molecule has 20 heavy (non-hydrogen) atoms. The van der Waals surface area contributed by atoms with Crippen LogP contribution < -0.4 is 5.32 Å². The van der Waals surface area contributed by atoms with Gasteiger partial charge in [-0.3, -0.25) is 4.79 Å². The molecule has 1 amide bonds. The van der Waals surface area contributed by atoms with Gasteiger partial charge in [0.1, 0.15) is 4.21 Å². The minimum absolute atomic E-state index is 0.0197. The van der Waals surface area contributed by atoms with Gasteiger partial charge in [-0.05, 0) is 18.6 Å². The summed E-state index contributed by atoms with van der Waals surface area (Å²) in [4.78, 5) is 12.6. The summed E-state index contributed by atoms with van der Waals surface area (Å²) in [6.45, 7) is 2.50. The zero-order chi connectivity index (χ0) is 15.2. The van der Waals surface area contributed by atoms with E-state index in [9.17, 15) is 13.2 Å². The summed E-state index contributed by atoms with van der Waals surface area (Å²) in [5.74, 6) is -0.152. The van der Waals surface area contributed by atoms with Gasteiger partial charge in [0.05, 0.1) is 19.1 Å². The number of carbonyl (C=O) groups excluding carboxylic acids is 1. The Morgan fingerprint density at radius 3 is 2.70 bits per heavy atom. The van der Waals surface area contributed by atoms with Crippen molar-refractivity contribution in [3.63, 3.8) is 0 Å². The van der Waals surface area contributed by atoms with Crippen molar-refractivity contribution >= 4 is 37.0 Å². The molecule has 0 spiro atoms. The van der Waals surface area contributed by atoms with Gasteiger partial charge in [-0.15, -0.1) is 11.3 Å². The van der Waals surface area contributed by atoms with Crippen LogP contribution in [0.5, 0.6) is 0 Å². The van der Waals surface area contributed by atoms with E-state index in [1.807, 2.05) is 6.92 Å². The third-order valence-corrected chi connectivity index (χ3v) is 5.76. The molecule has 0 aliphatic carbocycles. The Labute approximate surface area is 127 Å². The lowest BCUT2D eigenvalue weighted by Gasteiger charge is -2.16. The number of methoxy groups -OCH3 is 1. The van der Waals surface area contributed by atoms with Crippen LogP contribution in [0.25, 0.3) is 0 Å². The molecule has 0 radical (unpaired) electrons. The SMILES string of the molecule is CCCC(COC)NC(=O)Cc1ccc(S(=O)(=O)Cl)s1. The molecule has 0 aliphatic heterocycles. The Bertz CT molecular complexity index is 535. The summed E-state index contributed by atoms with van der Waals surface area (Å²) in [6, 6.07) is 2.99. The Morgan fingerprint density at radius 2 is 2.20 bits per heavy atom. The number of halogens is 1. The maximum atomic E-state index is 11.9. The fraction of sp³-hybridized carbons (Fsp3) is 0.583. The van der Waals surface area contributed by atoms with Gasteiger partial charge in [-0.2, -0.15) is 0 Å². The number of carbonyl (C=O) groups is 1. The molecule has 1 heterocycles. The minimum atomic E-state index is -3.72. The van der Waals surface area contributed by atoms with Gasteiger partial charge in [-0.25, -0.2) is 8.42 Å². The molecule has 1 rings (SSSR count). The molecule has 1 unspecified atom stereocenters. The van der Waals surface area contributed by atoms with Crippen molar-refractivity contribution in [2.24, 2.45) is 0 Å². The lowest BCUT2D eigenvalue weighted by Crippen LogP contribution is -2.38. The van der Waals surface area contributed by atoms with E-state index >= 15 is 0 Å². The first kappa shape index (κ1) is 17.4. The molecule has 0 fully saturated rings. The smallest absolute Gasteiger partial charge is 0.270 e. The summed E-state index contributed by atoms with van der Waals surface area (Å²) < 4.78 is 27.4. The fourth-order valence-electron chi connectivity index (χ4n) is 1.77. The Balaban J connectivity index is 2.59. The van der Waals surface area contributed by atoms with Gasteiger partial charge in [0, 0.05) is 22.7 Å². The molecule has 0 aromatic carbocycles. The van der Waals surface area contributed by atoms with Gasteiger partial charge in [0.25, 0.3) is 9.05 Å². The van der Waals surface area contributed by atoms with Crippen LogP contribution in [0, 0.1) is 0 Å². The average Bonchev–Trinajstić information content (AvgIpc) is 2.77. The fourth-order valence-corrected chi connectivity index (χ4v) is 3.89. The van der Waals surface area contributed by atoms with Crippen LogP contribution >= 0.6 is 22.0 Å². The summed E-state index contributed by atoms with van der Waals surface area (Å²) in [7, 11) is 3.11. The number of amides is 1. The van der Waals surface area contributed by atoms with E-state index in [2.05, 4.69) is 5.32 Å². The van der Waals surface area contributed by atoms with Crippen molar-refractivity contribution in [3.8, 4) is 0 Å². The van der Waals surface area contributed by atoms with Gasteiger partial charge in [-0.1, -0.05) is 13.3 Å². The van der Waals surface area contributed by atoms with Gasteiger partial charge in [0.15, 0.2) is 0 Å². The van der Waals surface area contributed by atoms with E-state index in [1.54, 1.807) is 13.2 Å². The number of hydrogen-bond donors (Lipinski definition) is 1. The second kappa shape index (κ2) is 7.97. The van der Waals surface area contributed by atoms with Crippen LogP contribution in [-0.2, 0) is 25.0 Å². The molecule has 1 aromatic rings. The molecule has 0 saturated carbocycles. The van der Waals surface area contributed by atoms with E-state index in [0.29, 0.717) is 11.5 Å². The average molecular weight is 340 g/mol. The van der Waals surface area contributed by atoms with Crippen LogP contribution in [0.1, 0.15) is 24.6 Å². The van der Waals surface area contributed by atoms with E-state index < -0.39 is 9.05 Å². The topological polar surface area (TPSA) is 72.5 Å². The molecule has 0 aliphatic rings. The van der Waals surface area contributed by atoms with Crippen molar-refractivity contribution in [1.82, 2.24) is 5.32 Å². The van der Waals surface area contributed by atoms with Crippen LogP contribution in [0.15, 0.2) is 16.3 Å². The highest BCUT2D eigenvalue weighted by Gasteiger charge is 2.16. The van der Waals surface area contributed by atoms with E-state index in [0.717, 1.165) is 24.2 Å². The van der Waals surface area contributed by atoms with Gasteiger partial charge < -0.3 is 10.1 Å². The second-order valence-corrected chi connectivity index (χ2v) is 8.30. The van der Waals surface area contributed by atoms with Crippen LogP contribution in [0.4, 0.5) is 0 Å². The highest BCUT2D eigenvalue weighted by Crippen LogP contribution is 2.25. The summed E-state index contributed by atoms with van der Waals surface area (Å²) in [5, 5.41) is 2.88. The lowest BCUT2D eigenvalue weighted by atomic mass is 10.1. The minimum Gasteiger partial charge on any atom is -0.383 e. The third-order valence-electron chi connectivity index (χ3n) is 2.58. The summed E-state index contributed by atoms with van der Waals surface area (Å²) in [5.41, 5.74) is 0. The quantitative estimate of drug-likeness (QED) is 0.736. The van der Waals surface area contributed by atoms with Crippen molar-refractivity contribution in [1.29, 1.82) is 0 Å². The van der Waals surface area contributed by atoms with Crippen molar-refractivity contribution in [2.45, 2.75) is 36.4 Å². The number of hydrogen-bond acceptors (Lipinski definition) is 5. The predicted octanol–water partition coefficient (Wildman–Crippen LogP) is 2.15. The van der Waals surface area contributed by atoms with Crippen molar-refractivity contribution < 1.29 is 17.9 Å². The Hall–Kier alpha value is -0.630. The second-order valence-electron chi connectivity index (χ2n) is 4.34. The number of nitrogens with one attached hydrogen (secondary N) is 1. The first-order valence-electron chi connectivity index (χ1n) is 6.18. The molecular weight excluding hydrogens is 322 g/mol. The van der Waals surface area contributed by atoms with Crippen molar-refractivity contribution in [2.75, 3.05) is 13.7 Å². The van der Waals surface area contributed by atoms with Crippen molar-refractivity contribution in [3.05, 3.63) is 17.0 Å². The highest BCUT2D eigenvalue weighted by atomic mass is 35.7. The Kier molecular flexibility index (Phi) is 6.94.